The molecule has 2 aromatic carbocycles. The lowest BCUT2D eigenvalue weighted by molar-refractivity contribution is -0.129. The van der Waals surface area contributed by atoms with E-state index < -0.39 is 0 Å². The van der Waals surface area contributed by atoms with Crippen molar-refractivity contribution in [3.05, 3.63) is 53.6 Å². The molecule has 0 amide bonds. The van der Waals surface area contributed by atoms with Gasteiger partial charge in [0.15, 0.2) is 0 Å². The van der Waals surface area contributed by atoms with Crippen LogP contribution in [-0.2, 0) is 11.2 Å². The molecule has 0 aliphatic heterocycles. The zero-order chi connectivity index (χ0) is 20.2. The van der Waals surface area contributed by atoms with Crippen molar-refractivity contribution >= 4 is 11.5 Å². The van der Waals surface area contributed by atoms with E-state index in [4.69, 9.17) is 4.74 Å². The highest BCUT2D eigenvalue weighted by Gasteiger charge is 2.54. The molecule has 0 saturated heterocycles. The van der Waals surface area contributed by atoms with Gasteiger partial charge in [0.25, 0.3) is 0 Å². The molecule has 3 heteroatoms. The first-order chi connectivity index (χ1) is 14.0. The quantitative estimate of drug-likeness (QED) is 0.648. The molecule has 0 radical (unpaired) electrons. The monoisotopic (exact) mass is 389 g/mol. The highest BCUT2D eigenvalue weighted by molar-refractivity contribution is 5.87. The molecule has 3 nitrogen and oxygen atoms in total. The fraction of sp³-hybridized carbons (Fsp3) is 0.500. The van der Waals surface area contributed by atoms with Crippen LogP contribution in [0.25, 0.3) is 0 Å². The lowest BCUT2D eigenvalue weighted by atomic mass is 9.55. The smallest absolute Gasteiger partial charge is 0.139 e. The van der Waals surface area contributed by atoms with Gasteiger partial charge in [-0.15, -0.1) is 0 Å². The molecule has 29 heavy (non-hydrogen) atoms. The average molecular weight is 390 g/mol. The Bertz CT molecular complexity index is 932. The molecule has 0 spiro atoms. The third kappa shape index (κ3) is 3.06. The molecule has 152 valence electrons. The molecule has 3 aliphatic carbocycles. The van der Waals surface area contributed by atoms with Crippen molar-refractivity contribution < 1.29 is 9.53 Å². The molecule has 0 N–H and O–H groups in total. The van der Waals surface area contributed by atoms with Crippen LogP contribution < -0.4 is 9.64 Å². The minimum absolute atomic E-state index is 0.0412. The van der Waals surface area contributed by atoms with Gasteiger partial charge in [0.05, 0.1) is 0 Å². The minimum Gasteiger partial charge on any atom is -0.457 e. The largest absolute Gasteiger partial charge is 0.457 e. The van der Waals surface area contributed by atoms with Crippen molar-refractivity contribution in [2.24, 2.45) is 17.3 Å². The first-order valence-corrected chi connectivity index (χ1v) is 11.1. The normalized spacial score (nSPS) is 30.3. The van der Waals surface area contributed by atoms with Crippen molar-refractivity contribution in [3.63, 3.8) is 0 Å². The van der Waals surface area contributed by atoms with Crippen molar-refractivity contribution in [3.8, 4) is 11.5 Å². The van der Waals surface area contributed by atoms with Gasteiger partial charge in [0, 0.05) is 31.6 Å². The number of hydrogen-bond donors (Lipinski definition) is 0. The number of carbonyl (C=O) groups is 1. The summed E-state index contributed by atoms with van der Waals surface area (Å²) in [6, 6.07) is 14.9. The topological polar surface area (TPSA) is 29.5 Å². The number of benzene rings is 2. The third-order valence-corrected chi connectivity index (χ3v) is 8.00. The number of ketones is 1. The van der Waals surface area contributed by atoms with E-state index in [0.717, 1.165) is 43.6 Å². The second-order valence-corrected chi connectivity index (χ2v) is 9.68. The molecule has 4 atom stereocenters. The van der Waals surface area contributed by atoms with Crippen molar-refractivity contribution in [2.45, 2.75) is 51.4 Å². The van der Waals surface area contributed by atoms with E-state index in [-0.39, 0.29) is 5.41 Å². The molecule has 2 fully saturated rings. The summed E-state index contributed by atoms with van der Waals surface area (Å²) in [5.74, 6) is 4.22. The first kappa shape index (κ1) is 18.7. The SMILES string of the molecule is CN(C)c1ccc(Oc2ccc3c(c2)CC[C@@H]2[C@H]3CC[C@]3(C)C(=O)CC[C@@H]23)cc1. The number of nitrogens with zero attached hydrogens (tertiary/aromatic N) is 1. The van der Waals surface area contributed by atoms with Crippen LogP contribution in [0, 0.1) is 17.3 Å². The minimum atomic E-state index is -0.0412. The molecule has 2 saturated carbocycles. The summed E-state index contributed by atoms with van der Waals surface area (Å²) in [6.07, 6.45) is 6.45. The van der Waals surface area contributed by atoms with Crippen LogP contribution in [0.3, 0.4) is 0 Å². The Kier molecular flexibility index (Phi) is 4.45. The molecule has 0 unspecified atom stereocenters. The molecule has 0 bridgehead atoms. The number of anilines is 1. The van der Waals surface area contributed by atoms with Gasteiger partial charge >= 0.3 is 0 Å². The fourth-order valence-electron chi connectivity index (χ4n) is 6.34. The molecular formula is C26H31NO2. The lowest BCUT2D eigenvalue weighted by Crippen LogP contribution is -2.42. The second-order valence-electron chi connectivity index (χ2n) is 9.68. The lowest BCUT2D eigenvalue weighted by Gasteiger charge is -2.48. The Balaban J connectivity index is 1.36. The standard InChI is InChI=1S/C26H31NO2/c1-26-15-14-22-21-11-9-20(29-19-7-5-18(6-8-19)27(2)3)16-17(21)4-10-23(22)24(26)12-13-25(26)28/h5-9,11,16,22-24H,4,10,12-15H2,1-3H3/t22-,23+,24-,26-/m0/s1. The first-order valence-electron chi connectivity index (χ1n) is 11.1. The van der Waals surface area contributed by atoms with E-state index in [0.29, 0.717) is 23.5 Å². The van der Waals surface area contributed by atoms with E-state index in [1.807, 2.05) is 26.2 Å². The summed E-state index contributed by atoms with van der Waals surface area (Å²) in [4.78, 5) is 14.6. The molecule has 2 aromatic rings. The van der Waals surface area contributed by atoms with Crippen LogP contribution in [0.2, 0.25) is 0 Å². The van der Waals surface area contributed by atoms with E-state index in [1.54, 1.807) is 0 Å². The van der Waals surface area contributed by atoms with Crippen LogP contribution in [0.4, 0.5) is 5.69 Å². The highest BCUT2D eigenvalue weighted by Crippen LogP contribution is 2.59. The van der Waals surface area contributed by atoms with Crippen molar-refractivity contribution in [1.29, 1.82) is 0 Å². The number of aryl methyl sites for hydroxylation is 1. The zero-order valence-corrected chi connectivity index (χ0v) is 17.8. The van der Waals surface area contributed by atoms with Crippen molar-refractivity contribution in [2.75, 3.05) is 19.0 Å². The Morgan fingerprint density at radius 3 is 2.48 bits per heavy atom. The van der Waals surface area contributed by atoms with Gasteiger partial charge in [0.1, 0.15) is 17.3 Å². The maximum absolute atomic E-state index is 12.5. The van der Waals surface area contributed by atoms with Gasteiger partial charge in [-0.05, 0) is 97.4 Å². The summed E-state index contributed by atoms with van der Waals surface area (Å²) in [7, 11) is 4.09. The highest BCUT2D eigenvalue weighted by atomic mass is 16.5. The maximum atomic E-state index is 12.5. The summed E-state index contributed by atoms with van der Waals surface area (Å²) in [5, 5.41) is 0. The number of fused-ring (bicyclic) bond motifs is 5. The third-order valence-electron chi connectivity index (χ3n) is 8.00. The van der Waals surface area contributed by atoms with Crippen LogP contribution in [0.1, 0.15) is 56.1 Å². The van der Waals surface area contributed by atoms with Crippen LogP contribution in [-0.4, -0.2) is 19.9 Å². The van der Waals surface area contributed by atoms with Gasteiger partial charge < -0.3 is 9.64 Å². The summed E-state index contributed by atoms with van der Waals surface area (Å²) in [6.45, 7) is 2.25. The van der Waals surface area contributed by atoms with Crippen LogP contribution in [0.15, 0.2) is 42.5 Å². The van der Waals surface area contributed by atoms with Gasteiger partial charge in [-0.1, -0.05) is 13.0 Å². The van der Waals surface area contributed by atoms with E-state index in [9.17, 15) is 4.79 Å². The van der Waals surface area contributed by atoms with Gasteiger partial charge in [0.2, 0.25) is 0 Å². The molecule has 5 rings (SSSR count). The summed E-state index contributed by atoms with van der Waals surface area (Å²) in [5.41, 5.74) is 4.09. The summed E-state index contributed by atoms with van der Waals surface area (Å²) >= 11 is 0. The van der Waals surface area contributed by atoms with E-state index in [1.165, 1.54) is 23.2 Å². The van der Waals surface area contributed by atoms with Crippen LogP contribution in [0.5, 0.6) is 11.5 Å². The molecule has 0 heterocycles. The number of ether oxygens (including phenoxy) is 1. The van der Waals surface area contributed by atoms with Gasteiger partial charge in [-0.25, -0.2) is 0 Å². The Morgan fingerprint density at radius 1 is 0.966 bits per heavy atom. The Morgan fingerprint density at radius 2 is 1.72 bits per heavy atom. The summed E-state index contributed by atoms with van der Waals surface area (Å²) < 4.78 is 6.15. The van der Waals surface area contributed by atoms with Crippen molar-refractivity contribution in [1.82, 2.24) is 0 Å². The number of hydrogen-bond acceptors (Lipinski definition) is 3. The number of rotatable bonds is 3. The fourth-order valence-corrected chi connectivity index (χ4v) is 6.34. The molecular weight excluding hydrogens is 358 g/mol. The van der Waals surface area contributed by atoms with Crippen LogP contribution >= 0.6 is 0 Å². The van der Waals surface area contributed by atoms with Gasteiger partial charge in [-0.2, -0.15) is 0 Å². The second kappa shape index (κ2) is 6.90. The van der Waals surface area contributed by atoms with E-state index >= 15 is 0 Å². The van der Waals surface area contributed by atoms with E-state index in [2.05, 4.69) is 42.2 Å². The van der Waals surface area contributed by atoms with Gasteiger partial charge in [-0.3, -0.25) is 4.79 Å². The Hall–Kier alpha value is -2.29. The number of carbonyl (C=O) groups excluding carboxylic acids is 1. The zero-order valence-electron chi connectivity index (χ0n) is 17.8. The average Bonchev–Trinajstić information content (AvgIpc) is 3.03. The molecule has 3 aliphatic rings. The molecule has 0 aromatic heterocycles. The Labute approximate surface area is 174 Å². The predicted octanol–water partition coefficient (Wildman–Crippen LogP) is 5.97. The maximum Gasteiger partial charge on any atom is 0.139 e. The number of Topliss-reactive ketones (excluding diaryl/α,β-unsaturated/α-hetero) is 1. The predicted molar refractivity (Wildman–Crippen MR) is 117 cm³/mol.